The van der Waals surface area contributed by atoms with Gasteiger partial charge < -0.3 is 5.32 Å². The number of benzene rings is 1. The van der Waals surface area contributed by atoms with E-state index in [4.69, 9.17) is 11.6 Å². The molecule has 2 N–H and O–H groups in total. The Labute approximate surface area is 198 Å². The largest absolute Gasteiger partial charge is 0.516 e. The lowest BCUT2D eigenvalue weighted by atomic mass is 10.0. The van der Waals surface area contributed by atoms with E-state index in [0.29, 0.717) is 5.56 Å². The molecule has 0 aliphatic carbocycles. The first-order valence-corrected chi connectivity index (χ1v) is 11.4. The number of aryl methyl sites for hydroxylation is 1. The lowest BCUT2D eigenvalue weighted by Gasteiger charge is -2.11. The number of carbonyl (C=O) groups excluding carboxylic acids is 2. The number of nitrogens with zero attached hydrogens (tertiary/aromatic N) is 3. The molecule has 0 aliphatic heterocycles. The maximum absolute atomic E-state index is 12.6. The molecule has 0 saturated carbocycles. The molecule has 9 nitrogen and oxygen atoms in total. The van der Waals surface area contributed by atoms with E-state index in [0.717, 1.165) is 9.40 Å². The van der Waals surface area contributed by atoms with Gasteiger partial charge in [0.25, 0.3) is 11.8 Å². The molecule has 1 aromatic carbocycles. The molecule has 0 aliphatic rings. The molecule has 2 heterocycles. The van der Waals surface area contributed by atoms with Gasteiger partial charge in [-0.25, -0.2) is 9.71 Å². The molecule has 34 heavy (non-hydrogen) atoms. The van der Waals surface area contributed by atoms with Crippen molar-refractivity contribution < 1.29 is 31.2 Å². The second kappa shape index (κ2) is 10.7. The summed E-state index contributed by atoms with van der Waals surface area (Å²) in [5.41, 5.74) is -5.52. The van der Waals surface area contributed by atoms with Crippen LogP contribution in [0.4, 0.5) is 19.0 Å². The Bertz CT molecular complexity index is 1290. The highest BCUT2D eigenvalue weighted by Gasteiger charge is 2.47. The molecule has 0 spiro atoms. The minimum absolute atomic E-state index is 0.0575. The molecule has 14 heteroatoms. The van der Waals surface area contributed by atoms with Gasteiger partial charge in [0.15, 0.2) is 5.82 Å². The summed E-state index contributed by atoms with van der Waals surface area (Å²) in [7, 11) is -4.64. The van der Waals surface area contributed by atoms with E-state index < -0.39 is 33.0 Å². The molecule has 2 amide bonds. The second-order valence-corrected chi connectivity index (χ2v) is 8.36. The van der Waals surface area contributed by atoms with Gasteiger partial charge in [0.1, 0.15) is 5.69 Å². The third kappa shape index (κ3) is 5.91. The summed E-state index contributed by atoms with van der Waals surface area (Å²) in [6, 6.07) is 8.75. The van der Waals surface area contributed by atoms with Gasteiger partial charge in [-0.05, 0) is 29.8 Å². The van der Waals surface area contributed by atoms with Crippen LogP contribution in [0.1, 0.15) is 34.7 Å². The van der Waals surface area contributed by atoms with Crippen molar-refractivity contribution in [3.8, 4) is 11.1 Å². The smallest absolute Gasteiger partial charge is 0.305 e. The van der Waals surface area contributed by atoms with Gasteiger partial charge in [0.2, 0.25) is 0 Å². The van der Waals surface area contributed by atoms with E-state index in [1.165, 1.54) is 43.7 Å². The van der Waals surface area contributed by atoms with Crippen molar-refractivity contribution in [1.82, 2.24) is 19.5 Å². The average molecular weight is 518 g/mol. The van der Waals surface area contributed by atoms with E-state index in [9.17, 15) is 31.2 Å². The van der Waals surface area contributed by atoms with Crippen molar-refractivity contribution in [3.63, 3.8) is 0 Å². The van der Waals surface area contributed by atoms with E-state index >= 15 is 0 Å². The molecule has 0 atom stereocenters. The Balaban J connectivity index is 0.00000199. The first kappa shape index (κ1) is 26.8. The lowest BCUT2D eigenvalue weighted by Crippen LogP contribution is -2.41. The van der Waals surface area contributed by atoms with Crippen LogP contribution in [-0.4, -0.2) is 40.5 Å². The van der Waals surface area contributed by atoms with Crippen LogP contribution in [0.15, 0.2) is 48.8 Å². The van der Waals surface area contributed by atoms with E-state index in [-0.39, 0.29) is 22.0 Å². The molecule has 0 fully saturated rings. The van der Waals surface area contributed by atoms with E-state index in [1.54, 1.807) is 12.1 Å². The van der Waals surface area contributed by atoms with E-state index in [1.807, 2.05) is 13.8 Å². The molecule has 0 bridgehead atoms. The van der Waals surface area contributed by atoms with Gasteiger partial charge >= 0.3 is 15.5 Å². The fourth-order valence-electron chi connectivity index (χ4n) is 2.60. The van der Waals surface area contributed by atoms with Gasteiger partial charge in [0.05, 0.1) is 11.2 Å². The number of alkyl halides is 3. The number of pyridine rings is 1. The minimum atomic E-state index is -5.90. The minimum Gasteiger partial charge on any atom is -0.305 e. The first-order valence-electron chi connectivity index (χ1n) is 9.58. The number of amides is 2. The summed E-state index contributed by atoms with van der Waals surface area (Å²) in [4.78, 5) is 28.6. The highest BCUT2D eigenvalue weighted by Crippen LogP contribution is 2.26. The fraction of sp³-hybridized carbons (Fsp3) is 0.200. The first-order chi connectivity index (χ1) is 15.9. The van der Waals surface area contributed by atoms with Crippen molar-refractivity contribution in [1.29, 1.82) is 0 Å². The predicted molar refractivity (Wildman–Crippen MR) is 120 cm³/mol. The zero-order valence-electron chi connectivity index (χ0n) is 18.0. The van der Waals surface area contributed by atoms with Crippen molar-refractivity contribution in [2.24, 2.45) is 7.05 Å². The zero-order chi connectivity index (χ0) is 25.7. The van der Waals surface area contributed by atoms with Crippen LogP contribution in [0.3, 0.4) is 0 Å². The fourth-order valence-corrected chi connectivity index (χ4v) is 3.23. The van der Waals surface area contributed by atoms with Crippen LogP contribution >= 0.6 is 11.6 Å². The number of nitrogens with one attached hydrogen (secondary N) is 2. The summed E-state index contributed by atoms with van der Waals surface area (Å²) in [6.45, 7) is 4.00. The molecule has 3 rings (SSSR count). The summed E-state index contributed by atoms with van der Waals surface area (Å²) < 4.78 is 62.2. The summed E-state index contributed by atoms with van der Waals surface area (Å²) in [6.07, 6.45) is 2.62. The average Bonchev–Trinajstić information content (AvgIpc) is 3.17. The van der Waals surface area contributed by atoms with Gasteiger partial charge in [-0.2, -0.15) is 26.7 Å². The number of rotatable bonds is 5. The van der Waals surface area contributed by atoms with Crippen molar-refractivity contribution in [3.05, 3.63) is 65.1 Å². The van der Waals surface area contributed by atoms with Crippen LogP contribution in [-0.2, 0) is 17.1 Å². The van der Waals surface area contributed by atoms with Gasteiger partial charge in [-0.3, -0.25) is 14.3 Å². The number of carbonyl (C=O) groups is 2. The molecule has 3 aromatic rings. The zero-order valence-corrected chi connectivity index (χ0v) is 19.6. The number of sulfonamides is 1. The molecule has 0 saturated heterocycles. The normalized spacial score (nSPS) is 11.3. The topological polar surface area (TPSA) is 123 Å². The van der Waals surface area contributed by atoms with Gasteiger partial charge in [-0.1, -0.05) is 37.6 Å². The summed E-state index contributed by atoms with van der Waals surface area (Å²) in [5.74, 6) is -1.89. The number of halogens is 4. The van der Waals surface area contributed by atoms with Crippen LogP contribution in [0.2, 0.25) is 5.02 Å². The Kier molecular flexibility index (Phi) is 8.40. The molecule has 182 valence electrons. The third-order valence-corrected chi connectivity index (χ3v) is 5.50. The van der Waals surface area contributed by atoms with Crippen molar-refractivity contribution in [2.45, 2.75) is 19.4 Å². The van der Waals surface area contributed by atoms with Crippen LogP contribution in [0.5, 0.6) is 0 Å². The molecule has 0 unspecified atom stereocenters. The molecular weight excluding hydrogens is 499 g/mol. The van der Waals surface area contributed by atoms with Gasteiger partial charge in [-0.15, -0.1) is 0 Å². The maximum Gasteiger partial charge on any atom is 0.516 e. The number of anilines is 1. The molecular formula is C20H19ClF3N5O4S. The number of hydrogen-bond donors (Lipinski definition) is 2. The number of aromatic nitrogens is 3. The van der Waals surface area contributed by atoms with Crippen LogP contribution in [0, 0.1) is 0 Å². The predicted octanol–water partition coefficient (Wildman–Crippen LogP) is 3.99. The SMILES string of the molecule is CC.Cn1ncc(-c2ccc(C(=O)Nc3ncccc3Cl)cc2)c1C(=O)NS(=O)(=O)C(F)(F)F. The summed E-state index contributed by atoms with van der Waals surface area (Å²) >= 11 is 5.95. The Morgan fingerprint density at radius 3 is 2.24 bits per heavy atom. The second-order valence-electron chi connectivity index (χ2n) is 6.28. The van der Waals surface area contributed by atoms with E-state index in [2.05, 4.69) is 15.4 Å². The van der Waals surface area contributed by atoms with Gasteiger partial charge in [0, 0.05) is 24.4 Å². The van der Waals surface area contributed by atoms with Crippen LogP contribution < -0.4 is 10.0 Å². The Hall–Kier alpha value is -3.45. The lowest BCUT2D eigenvalue weighted by molar-refractivity contribution is -0.0446. The third-order valence-electron chi connectivity index (χ3n) is 4.13. The summed E-state index contributed by atoms with van der Waals surface area (Å²) in [5, 5.41) is 6.56. The Morgan fingerprint density at radius 2 is 1.68 bits per heavy atom. The Morgan fingerprint density at radius 1 is 1.06 bits per heavy atom. The highest BCUT2D eigenvalue weighted by atomic mass is 35.5. The standard InChI is InChI=1S/C18H13ClF3N5O4S.C2H6/c1-27-14(17(29)26-32(30,31)18(20,21)22)12(9-24-27)10-4-6-11(7-5-10)16(28)25-15-13(19)3-2-8-23-15;1-2/h2-9H,1H3,(H,26,29)(H,23,25,28);1-2H3. The molecule has 2 aromatic heterocycles. The van der Waals surface area contributed by atoms with Crippen molar-refractivity contribution >= 4 is 39.3 Å². The van der Waals surface area contributed by atoms with Crippen LogP contribution in [0.25, 0.3) is 11.1 Å². The maximum atomic E-state index is 12.6. The quantitative estimate of drug-likeness (QED) is 0.527. The molecule has 0 radical (unpaired) electrons. The van der Waals surface area contributed by atoms with Crippen molar-refractivity contribution in [2.75, 3.05) is 5.32 Å². The highest BCUT2D eigenvalue weighted by molar-refractivity contribution is 7.90. The number of hydrogen-bond acceptors (Lipinski definition) is 6. The monoisotopic (exact) mass is 517 g/mol.